The highest BCUT2D eigenvalue weighted by molar-refractivity contribution is 6.21. The number of amides is 2. The maximum absolute atomic E-state index is 12.2. The highest BCUT2D eigenvalue weighted by Crippen LogP contribution is 2.22. The molecule has 0 aliphatic carbocycles. The predicted molar refractivity (Wildman–Crippen MR) is 84.5 cm³/mol. The van der Waals surface area contributed by atoms with Gasteiger partial charge in [0.15, 0.2) is 0 Å². The number of hydrogen-bond acceptors (Lipinski definition) is 4. The maximum atomic E-state index is 12.2. The minimum atomic E-state index is -0.947. The molecule has 5 nitrogen and oxygen atoms in total. The summed E-state index contributed by atoms with van der Waals surface area (Å²) in [6.45, 7) is 1.87. The number of aryl methyl sites for hydroxylation is 1. The largest absolute Gasteiger partial charge is 0.491 e. The van der Waals surface area contributed by atoms with Crippen LogP contribution in [-0.4, -0.2) is 41.1 Å². The van der Waals surface area contributed by atoms with Gasteiger partial charge < -0.3 is 9.84 Å². The summed E-state index contributed by atoms with van der Waals surface area (Å²) in [4.78, 5) is 25.5. The van der Waals surface area contributed by atoms with E-state index in [1.54, 1.807) is 30.3 Å². The lowest BCUT2D eigenvalue weighted by molar-refractivity contribution is 0.0457. The zero-order valence-electron chi connectivity index (χ0n) is 12.7. The van der Waals surface area contributed by atoms with Gasteiger partial charge >= 0.3 is 0 Å². The second-order valence-corrected chi connectivity index (χ2v) is 5.55. The van der Waals surface area contributed by atoms with Gasteiger partial charge in [-0.1, -0.05) is 24.3 Å². The van der Waals surface area contributed by atoms with E-state index in [-0.39, 0.29) is 25.0 Å². The third-order valence-electron chi connectivity index (χ3n) is 3.70. The molecule has 1 atom stereocenters. The first-order chi connectivity index (χ1) is 11.1. The Bertz CT molecular complexity index is 721. The SMILES string of the molecule is Cc1cccc(OC[C@H](O)CN2C(=O)c3ccccc3C2=O)c1. The molecule has 0 fully saturated rings. The number of benzene rings is 2. The Kier molecular flexibility index (Phi) is 4.12. The third-order valence-corrected chi connectivity index (χ3v) is 3.70. The number of aliphatic hydroxyl groups is 1. The van der Waals surface area contributed by atoms with Crippen LogP contribution in [0.4, 0.5) is 0 Å². The second kappa shape index (κ2) is 6.22. The molecule has 0 radical (unpaired) electrons. The first-order valence-corrected chi connectivity index (χ1v) is 7.39. The summed E-state index contributed by atoms with van der Waals surface area (Å²) in [6.07, 6.45) is -0.947. The fourth-order valence-electron chi connectivity index (χ4n) is 2.57. The summed E-state index contributed by atoms with van der Waals surface area (Å²) < 4.78 is 5.51. The topological polar surface area (TPSA) is 66.8 Å². The van der Waals surface area contributed by atoms with Crippen molar-refractivity contribution >= 4 is 11.8 Å². The Hall–Kier alpha value is -2.66. The highest BCUT2D eigenvalue weighted by Gasteiger charge is 2.36. The molecule has 2 aromatic rings. The van der Waals surface area contributed by atoms with Crippen LogP contribution in [-0.2, 0) is 0 Å². The summed E-state index contributed by atoms with van der Waals surface area (Å²) in [7, 11) is 0. The van der Waals surface area contributed by atoms with E-state index in [9.17, 15) is 14.7 Å². The number of fused-ring (bicyclic) bond motifs is 1. The summed E-state index contributed by atoms with van der Waals surface area (Å²) >= 11 is 0. The highest BCUT2D eigenvalue weighted by atomic mass is 16.5. The summed E-state index contributed by atoms with van der Waals surface area (Å²) in [6, 6.07) is 14.1. The van der Waals surface area contributed by atoms with Gasteiger partial charge in [-0.25, -0.2) is 0 Å². The molecule has 2 amide bonds. The van der Waals surface area contributed by atoms with E-state index in [2.05, 4.69) is 0 Å². The fraction of sp³-hybridized carbons (Fsp3) is 0.222. The van der Waals surface area contributed by atoms with Gasteiger partial charge in [-0.15, -0.1) is 0 Å². The van der Waals surface area contributed by atoms with Crippen molar-refractivity contribution in [1.29, 1.82) is 0 Å². The molecule has 1 aliphatic rings. The number of carbonyl (C=O) groups is 2. The van der Waals surface area contributed by atoms with Gasteiger partial charge in [0.1, 0.15) is 18.5 Å². The third kappa shape index (κ3) is 3.10. The lowest BCUT2D eigenvalue weighted by atomic mass is 10.1. The van der Waals surface area contributed by atoms with E-state index < -0.39 is 6.10 Å². The molecule has 0 saturated heterocycles. The van der Waals surface area contributed by atoms with Crippen molar-refractivity contribution in [3.63, 3.8) is 0 Å². The van der Waals surface area contributed by atoms with Gasteiger partial charge in [0, 0.05) is 0 Å². The molecule has 0 aromatic heterocycles. The van der Waals surface area contributed by atoms with E-state index in [1.165, 1.54) is 0 Å². The molecular formula is C18H17NO4. The van der Waals surface area contributed by atoms with E-state index in [4.69, 9.17) is 4.74 Å². The molecule has 1 N–H and O–H groups in total. The average molecular weight is 311 g/mol. The minimum absolute atomic E-state index is 0.0108. The lowest BCUT2D eigenvalue weighted by Crippen LogP contribution is -2.39. The smallest absolute Gasteiger partial charge is 0.261 e. The Balaban J connectivity index is 1.62. The van der Waals surface area contributed by atoms with Crippen molar-refractivity contribution in [3.05, 3.63) is 65.2 Å². The first kappa shape index (κ1) is 15.2. The zero-order chi connectivity index (χ0) is 16.4. The molecule has 1 aliphatic heterocycles. The number of aliphatic hydroxyl groups excluding tert-OH is 1. The Morgan fingerprint density at radius 2 is 1.70 bits per heavy atom. The van der Waals surface area contributed by atoms with Crippen molar-refractivity contribution in [3.8, 4) is 5.75 Å². The molecule has 0 spiro atoms. The van der Waals surface area contributed by atoms with Gasteiger partial charge in [-0.2, -0.15) is 0 Å². The molecule has 0 unspecified atom stereocenters. The van der Waals surface area contributed by atoms with Crippen LogP contribution in [0.5, 0.6) is 5.75 Å². The molecule has 0 bridgehead atoms. The van der Waals surface area contributed by atoms with Crippen molar-refractivity contribution in [2.24, 2.45) is 0 Å². The molecule has 23 heavy (non-hydrogen) atoms. The number of carbonyl (C=O) groups excluding carboxylic acids is 2. The molecule has 0 saturated carbocycles. The summed E-state index contributed by atoms with van der Waals surface area (Å²) in [5.74, 6) is -0.105. The van der Waals surface area contributed by atoms with Crippen LogP contribution in [0.25, 0.3) is 0 Å². The first-order valence-electron chi connectivity index (χ1n) is 7.39. The summed E-state index contributed by atoms with van der Waals surface area (Å²) in [5, 5.41) is 10.1. The van der Waals surface area contributed by atoms with Crippen LogP contribution >= 0.6 is 0 Å². The monoisotopic (exact) mass is 311 g/mol. The van der Waals surface area contributed by atoms with Crippen LogP contribution < -0.4 is 4.74 Å². The van der Waals surface area contributed by atoms with Crippen molar-refractivity contribution < 1.29 is 19.4 Å². The van der Waals surface area contributed by atoms with Gasteiger partial charge in [0.05, 0.1) is 17.7 Å². The number of β-amino-alcohol motifs (C(OH)–C–C–N with tert-alkyl or cyclic N) is 1. The number of hydrogen-bond donors (Lipinski definition) is 1. The van der Waals surface area contributed by atoms with E-state index in [0.717, 1.165) is 10.5 Å². The Morgan fingerprint density at radius 3 is 2.30 bits per heavy atom. The van der Waals surface area contributed by atoms with Crippen LogP contribution in [0, 0.1) is 6.92 Å². The number of nitrogens with zero attached hydrogens (tertiary/aromatic N) is 1. The number of imide groups is 1. The zero-order valence-corrected chi connectivity index (χ0v) is 12.7. The standard InChI is InChI=1S/C18H17NO4/c1-12-5-4-6-14(9-12)23-11-13(20)10-19-17(21)15-7-2-3-8-16(15)18(19)22/h2-9,13,20H,10-11H2,1H3/t13-/m1/s1. The van der Waals surface area contributed by atoms with Crippen LogP contribution in [0.3, 0.4) is 0 Å². The van der Waals surface area contributed by atoms with Crippen LogP contribution in [0.2, 0.25) is 0 Å². The molecule has 3 rings (SSSR count). The fourth-order valence-corrected chi connectivity index (χ4v) is 2.57. The molecule has 118 valence electrons. The summed E-state index contributed by atoms with van der Waals surface area (Å²) in [5.41, 5.74) is 1.81. The lowest BCUT2D eigenvalue weighted by Gasteiger charge is -2.19. The Labute approximate surface area is 134 Å². The molecule has 1 heterocycles. The van der Waals surface area contributed by atoms with Crippen molar-refractivity contribution in [2.75, 3.05) is 13.2 Å². The molecule has 2 aromatic carbocycles. The Morgan fingerprint density at radius 1 is 1.04 bits per heavy atom. The number of rotatable bonds is 5. The second-order valence-electron chi connectivity index (χ2n) is 5.55. The van der Waals surface area contributed by atoms with Crippen LogP contribution in [0.1, 0.15) is 26.3 Å². The van der Waals surface area contributed by atoms with Crippen molar-refractivity contribution in [2.45, 2.75) is 13.0 Å². The van der Waals surface area contributed by atoms with E-state index in [0.29, 0.717) is 16.9 Å². The van der Waals surface area contributed by atoms with E-state index >= 15 is 0 Å². The maximum Gasteiger partial charge on any atom is 0.261 e. The minimum Gasteiger partial charge on any atom is -0.491 e. The van der Waals surface area contributed by atoms with Gasteiger partial charge in [-0.3, -0.25) is 14.5 Å². The average Bonchev–Trinajstić information content (AvgIpc) is 2.79. The molecule has 5 heteroatoms. The normalized spacial score (nSPS) is 14.8. The quantitative estimate of drug-likeness (QED) is 0.858. The number of ether oxygens (including phenoxy) is 1. The molecular weight excluding hydrogens is 294 g/mol. The van der Waals surface area contributed by atoms with Gasteiger partial charge in [0.2, 0.25) is 0 Å². The van der Waals surface area contributed by atoms with E-state index in [1.807, 2.05) is 25.1 Å². The van der Waals surface area contributed by atoms with Gasteiger partial charge in [0.25, 0.3) is 11.8 Å². The van der Waals surface area contributed by atoms with Crippen LogP contribution in [0.15, 0.2) is 48.5 Å². The van der Waals surface area contributed by atoms with Crippen molar-refractivity contribution in [1.82, 2.24) is 4.90 Å². The van der Waals surface area contributed by atoms with Gasteiger partial charge in [-0.05, 0) is 36.8 Å². The predicted octanol–water partition coefficient (Wildman–Crippen LogP) is 2.03.